The summed E-state index contributed by atoms with van der Waals surface area (Å²) in [6.45, 7) is 7.41. The zero-order valence-electron chi connectivity index (χ0n) is 15.2. The van der Waals surface area contributed by atoms with Gasteiger partial charge in [-0.15, -0.1) is 10.2 Å². The Morgan fingerprint density at radius 3 is 2.76 bits per heavy atom. The van der Waals surface area contributed by atoms with Gasteiger partial charge in [0.05, 0.1) is 0 Å². The number of rotatable bonds is 5. The van der Waals surface area contributed by atoms with Gasteiger partial charge in [-0.3, -0.25) is 0 Å². The second kappa shape index (κ2) is 8.00. The Morgan fingerprint density at radius 1 is 1.28 bits per heavy atom. The monoisotopic (exact) mass is 341 g/mol. The molecule has 1 aliphatic heterocycles. The largest absolute Gasteiger partial charge is 0.369 e. The summed E-state index contributed by atoms with van der Waals surface area (Å²) >= 11 is 0. The number of anilines is 1. The number of aliphatic imine (C=N–C) groups is 1. The topological polar surface area (TPSA) is 70.4 Å². The third kappa shape index (κ3) is 4.29. The highest BCUT2D eigenvalue weighted by atomic mass is 15.3. The van der Waals surface area contributed by atoms with E-state index in [0.29, 0.717) is 12.6 Å². The molecule has 134 valence electrons. The van der Waals surface area contributed by atoms with Crippen molar-refractivity contribution in [1.82, 2.24) is 25.4 Å². The van der Waals surface area contributed by atoms with Crippen molar-refractivity contribution in [3.63, 3.8) is 0 Å². The van der Waals surface area contributed by atoms with Gasteiger partial charge in [0.1, 0.15) is 12.4 Å². The van der Waals surface area contributed by atoms with Crippen LogP contribution in [0.25, 0.3) is 0 Å². The first kappa shape index (κ1) is 17.3. The Kier molecular flexibility index (Phi) is 5.53. The van der Waals surface area contributed by atoms with Crippen LogP contribution in [0.4, 0.5) is 5.69 Å². The van der Waals surface area contributed by atoms with E-state index in [1.807, 2.05) is 18.5 Å². The summed E-state index contributed by atoms with van der Waals surface area (Å²) in [6, 6.07) is 10.9. The van der Waals surface area contributed by atoms with E-state index < -0.39 is 0 Å². The molecule has 1 aromatic carbocycles. The lowest BCUT2D eigenvalue weighted by atomic mass is 10.3. The van der Waals surface area contributed by atoms with Gasteiger partial charge in [0.15, 0.2) is 11.8 Å². The van der Waals surface area contributed by atoms with E-state index in [9.17, 15) is 0 Å². The Hall–Kier alpha value is -2.57. The minimum absolute atomic E-state index is 0.388. The lowest BCUT2D eigenvalue weighted by Crippen LogP contribution is -2.44. The van der Waals surface area contributed by atoms with Crippen LogP contribution in [0, 0.1) is 6.92 Å². The van der Waals surface area contributed by atoms with Gasteiger partial charge in [-0.25, -0.2) is 4.99 Å². The third-order valence-electron chi connectivity index (χ3n) is 4.56. The molecule has 1 aromatic heterocycles. The van der Waals surface area contributed by atoms with E-state index in [2.05, 4.69) is 68.0 Å². The minimum Gasteiger partial charge on any atom is -0.369 e. The second-order valence-electron chi connectivity index (χ2n) is 6.33. The standard InChI is InChI=1S/C18H27N7/c1-4-19-18(20-12-17-23-22-14(2)24(17)3)21-15-10-11-25(13-15)16-8-6-5-7-9-16/h5-9,15H,4,10-13H2,1-3H3,(H2,19,20,21). The SMILES string of the molecule is CCNC(=NCc1nnc(C)n1C)NC1CCN(c2ccccc2)C1. The molecule has 2 aromatic rings. The smallest absolute Gasteiger partial charge is 0.191 e. The minimum atomic E-state index is 0.388. The van der Waals surface area contributed by atoms with Gasteiger partial charge < -0.3 is 20.1 Å². The van der Waals surface area contributed by atoms with Gasteiger partial charge in [-0.1, -0.05) is 18.2 Å². The fourth-order valence-electron chi connectivity index (χ4n) is 3.00. The van der Waals surface area contributed by atoms with Crippen molar-refractivity contribution in [3.05, 3.63) is 42.0 Å². The van der Waals surface area contributed by atoms with Crippen LogP contribution < -0.4 is 15.5 Å². The number of benzene rings is 1. The van der Waals surface area contributed by atoms with Crippen molar-refractivity contribution in [3.8, 4) is 0 Å². The summed E-state index contributed by atoms with van der Waals surface area (Å²) in [5, 5.41) is 15.1. The number of aromatic nitrogens is 3. The highest BCUT2D eigenvalue weighted by molar-refractivity contribution is 5.80. The number of hydrogen-bond acceptors (Lipinski definition) is 4. The molecule has 0 radical (unpaired) electrons. The predicted molar refractivity (Wildman–Crippen MR) is 101 cm³/mol. The zero-order valence-corrected chi connectivity index (χ0v) is 15.2. The van der Waals surface area contributed by atoms with Gasteiger partial charge in [-0.2, -0.15) is 0 Å². The van der Waals surface area contributed by atoms with Crippen LogP contribution in [-0.4, -0.2) is 46.4 Å². The zero-order chi connectivity index (χ0) is 17.6. The molecule has 1 atom stereocenters. The van der Waals surface area contributed by atoms with Crippen LogP contribution in [-0.2, 0) is 13.6 Å². The molecule has 0 saturated carbocycles. The van der Waals surface area contributed by atoms with E-state index in [4.69, 9.17) is 0 Å². The molecule has 0 spiro atoms. The average Bonchev–Trinajstić information content (AvgIpc) is 3.22. The number of nitrogens with one attached hydrogen (secondary N) is 2. The second-order valence-corrected chi connectivity index (χ2v) is 6.33. The Labute approximate surface area is 149 Å². The summed E-state index contributed by atoms with van der Waals surface area (Å²) in [4.78, 5) is 7.08. The molecule has 1 unspecified atom stereocenters. The summed E-state index contributed by atoms with van der Waals surface area (Å²) < 4.78 is 1.97. The molecule has 1 fully saturated rings. The highest BCUT2D eigenvalue weighted by Gasteiger charge is 2.23. The predicted octanol–water partition coefficient (Wildman–Crippen LogP) is 1.46. The van der Waals surface area contributed by atoms with E-state index in [1.54, 1.807) is 0 Å². The lowest BCUT2D eigenvalue weighted by molar-refractivity contribution is 0.646. The van der Waals surface area contributed by atoms with Gasteiger partial charge in [0.25, 0.3) is 0 Å². The van der Waals surface area contributed by atoms with E-state index >= 15 is 0 Å². The van der Waals surface area contributed by atoms with Gasteiger partial charge in [-0.05, 0) is 32.4 Å². The van der Waals surface area contributed by atoms with E-state index in [1.165, 1.54) is 5.69 Å². The first-order chi connectivity index (χ1) is 12.2. The maximum absolute atomic E-state index is 4.67. The van der Waals surface area contributed by atoms with Crippen molar-refractivity contribution in [2.24, 2.45) is 12.0 Å². The summed E-state index contributed by atoms with van der Waals surface area (Å²) in [5.41, 5.74) is 1.28. The lowest BCUT2D eigenvalue weighted by Gasteiger charge is -2.20. The number of guanidine groups is 1. The molecule has 7 nitrogen and oxygen atoms in total. The molecular weight excluding hydrogens is 314 g/mol. The maximum Gasteiger partial charge on any atom is 0.191 e. The molecule has 1 aliphatic rings. The molecule has 0 aliphatic carbocycles. The average molecular weight is 341 g/mol. The van der Waals surface area contributed by atoms with Crippen LogP contribution >= 0.6 is 0 Å². The summed E-state index contributed by atoms with van der Waals surface area (Å²) in [6.07, 6.45) is 1.10. The molecule has 2 N–H and O–H groups in total. The molecule has 2 heterocycles. The van der Waals surface area contributed by atoms with Gasteiger partial charge in [0.2, 0.25) is 0 Å². The molecule has 25 heavy (non-hydrogen) atoms. The molecule has 0 amide bonds. The number of para-hydroxylation sites is 1. The Morgan fingerprint density at radius 2 is 2.08 bits per heavy atom. The molecule has 7 heteroatoms. The van der Waals surface area contributed by atoms with Gasteiger partial charge >= 0.3 is 0 Å². The summed E-state index contributed by atoms with van der Waals surface area (Å²) in [5.74, 6) is 2.60. The van der Waals surface area contributed by atoms with Crippen molar-refractivity contribution in [2.45, 2.75) is 32.9 Å². The van der Waals surface area contributed by atoms with Crippen LogP contribution in [0.3, 0.4) is 0 Å². The number of hydrogen-bond donors (Lipinski definition) is 2. The van der Waals surface area contributed by atoms with Crippen LogP contribution in [0.15, 0.2) is 35.3 Å². The van der Waals surface area contributed by atoms with Crippen LogP contribution in [0.2, 0.25) is 0 Å². The fourth-order valence-corrected chi connectivity index (χ4v) is 3.00. The number of aryl methyl sites for hydroxylation is 1. The highest BCUT2D eigenvalue weighted by Crippen LogP contribution is 2.19. The third-order valence-corrected chi connectivity index (χ3v) is 4.56. The molecule has 1 saturated heterocycles. The van der Waals surface area contributed by atoms with Crippen molar-refractivity contribution >= 4 is 11.6 Å². The fraction of sp³-hybridized carbons (Fsp3) is 0.500. The first-order valence-electron chi connectivity index (χ1n) is 8.87. The van der Waals surface area contributed by atoms with E-state index in [-0.39, 0.29) is 0 Å². The summed E-state index contributed by atoms with van der Waals surface area (Å²) in [7, 11) is 1.97. The molecule has 3 rings (SSSR count). The van der Waals surface area contributed by atoms with Crippen LogP contribution in [0.1, 0.15) is 25.0 Å². The first-order valence-corrected chi connectivity index (χ1v) is 8.87. The quantitative estimate of drug-likeness (QED) is 0.636. The normalized spacial score (nSPS) is 17.8. The van der Waals surface area contributed by atoms with E-state index in [0.717, 1.165) is 43.7 Å². The van der Waals surface area contributed by atoms with Crippen molar-refractivity contribution < 1.29 is 0 Å². The van der Waals surface area contributed by atoms with Gasteiger partial charge in [0, 0.05) is 38.4 Å². The molecular formula is C18H27N7. The number of nitrogens with zero attached hydrogens (tertiary/aromatic N) is 5. The van der Waals surface area contributed by atoms with Crippen molar-refractivity contribution in [1.29, 1.82) is 0 Å². The molecule has 0 bridgehead atoms. The Balaban J connectivity index is 1.60. The maximum atomic E-state index is 4.67. The Bertz CT molecular complexity index is 707. The van der Waals surface area contributed by atoms with Crippen LogP contribution in [0.5, 0.6) is 0 Å². The van der Waals surface area contributed by atoms with Crippen molar-refractivity contribution in [2.75, 3.05) is 24.5 Å².